The van der Waals surface area contributed by atoms with Crippen molar-refractivity contribution in [3.63, 3.8) is 0 Å². The minimum Gasteiger partial charge on any atom is -0.436 e. The average molecular weight is 461 g/mol. The fourth-order valence-corrected chi connectivity index (χ4v) is 4.31. The molecule has 0 bridgehead atoms. The maximum absolute atomic E-state index is 13.4. The molecule has 5 aromatic rings. The molecule has 0 saturated heterocycles. The number of aromatic nitrogens is 1. The van der Waals surface area contributed by atoms with Crippen LogP contribution in [-0.2, 0) is 4.79 Å². The molecule has 0 saturated carbocycles. The summed E-state index contributed by atoms with van der Waals surface area (Å²) in [7, 11) is 0. The summed E-state index contributed by atoms with van der Waals surface area (Å²) >= 11 is 0. The Morgan fingerprint density at radius 2 is 1.46 bits per heavy atom. The van der Waals surface area contributed by atoms with Crippen LogP contribution in [0.3, 0.4) is 0 Å². The van der Waals surface area contributed by atoms with Crippen molar-refractivity contribution in [1.82, 2.24) is 4.98 Å². The predicted molar refractivity (Wildman–Crippen MR) is 142 cm³/mol. The van der Waals surface area contributed by atoms with Gasteiger partial charge in [-0.05, 0) is 65.4 Å². The van der Waals surface area contributed by atoms with Crippen molar-refractivity contribution in [1.29, 1.82) is 0 Å². The molecule has 5 rings (SSSR count). The van der Waals surface area contributed by atoms with Crippen molar-refractivity contribution in [2.24, 2.45) is 0 Å². The Morgan fingerprint density at radius 1 is 0.829 bits per heavy atom. The van der Waals surface area contributed by atoms with E-state index in [2.05, 4.69) is 31.3 Å². The summed E-state index contributed by atoms with van der Waals surface area (Å²) in [5, 5.41) is 3.08. The van der Waals surface area contributed by atoms with E-state index in [-0.39, 0.29) is 5.91 Å². The van der Waals surface area contributed by atoms with E-state index in [0.29, 0.717) is 11.8 Å². The number of anilines is 1. The number of oxazole rings is 1. The maximum Gasteiger partial charge on any atom is 0.236 e. The van der Waals surface area contributed by atoms with Crippen LogP contribution in [0.4, 0.5) is 5.69 Å². The molecule has 35 heavy (non-hydrogen) atoms. The van der Waals surface area contributed by atoms with Crippen LogP contribution in [0.25, 0.3) is 22.6 Å². The second-order valence-electron chi connectivity index (χ2n) is 8.88. The Kier molecular flexibility index (Phi) is 6.44. The summed E-state index contributed by atoms with van der Waals surface area (Å²) < 4.78 is 6.00. The van der Waals surface area contributed by atoms with Crippen LogP contribution in [0.15, 0.2) is 108 Å². The third kappa shape index (κ3) is 4.87. The van der Waals surface area contributed by atoms with E-state index in [0.717, 1.165) is 39.9 Å². The number of nitrogens with one attached hydrogen (secondary N) is 1. The summed E-state index contributed by atoms with van der Waals surface area (Å²) in [6, 6.07) is 33.5. The minimum atomic E-state index is -0.395. The van der Waals surface area contributed by atoms with E-state index in [1.165, 1.54) is 5.56 Å². The summed E-state index contributed by atoms with van der Waals surface area (Å²) in [6.07, 6.45) is 1.08. The molecule has 0 fully saturated rings. The molecule has 1 aromatic heterocycles. The molecule has 0 aliphatic rings. The van der Waals surface area contributed by atoms with Crippen LogP contribution in [0.2, 0.25) is 0 Å². The molecule has 4 aromatic carbocycles. The SMILES string of the molecule is CC[C@@H](C)c1ccc2oc(-c3ccc(NC(=O)C(c4ccccc4)c4ccccc4)cc3)nc2c1. The van der Waals surface area contributed by atoms with Gasteiger partial charge in [0.1, 0.15) is 5.52 Å². The second kappa shape index (κ2) is 9.98. The number of carbonyl (C=O) groups excluding carboxylic acids is 1. The number of amides is 1. The Labute approximate surface area is 205 Å². The first-order valence-corrected chi connectivity index (χ1v) is 12.0. The maximum atomic E-state index is 13.4. The van der Waals surface area contributed by atoms with Crippen LogP contribution in [0, 0.1) is 0 Å². The lowest BCUT2D eigenvalue weighted by Crippen LogP contribution is -2.22. The lowest BCUT2D eigenvalue weighted by Gasteiger charge is -2.18. The molecule has 4 heteroatoms. The van der Waals surface area contributed by atoms with Gasteiger partial charge in [-0.2, -0.15) is 0 Å². The van der Waals surface area contributed by atoms with E-state index in [1.807, 2.05) is 91.0 Å². The highest BCUT2D eigenvalue weighted by atomic mass is 16.3. The third-order valence-electron chi connectivity index (χ3n) is 6.52. The lowest BCUT2D eigenvalue weighted by molar-refractivity contribution is -0.116. The van der Waals surface area contributed by atoms with Gasteiger partial charge in [0.05, 0.1) is 5.92 Å². The number of hydrogen-bond acceptors (Lipinski definition) is 3. The van der Waals surface area contributed by atoms with Gasteiger partial charge in [0.15, 0.2) is 5.58 Å². The van der Waals surface area contributed by atoms with Gasteiger partial charge in [-0.1, -0.05) is 80.6 Å². The van der Waals surface area contributed by atoms with Gasteiger partial charge in [0.2, 0.25) is 11.8 Å². The highest BCUT2D eigenvalue weighted by Crippen LogP contribution is 2.30. The van der Waals surface area contributed by atoms with E-state index in [9.17, 15) is 4.79 Å². The fraction of sp³-hybridized carbons (Fsp3) is 0.161. The smallest absolute Gasteiger partial charge is 0.236 e. The topological polar surface area (TPSA) is 55.1 Å². The van der Waals surface area contributed by atoms with Crippen molar-refractivity contribution < 1.29 is 9.21 Å². The van der Waals surface area contributed by atoms with Crippen molar-refractivity contribution in [3.05, 3.63) is 120 Å². The van der Waals surface area contributed by atoms with Gasteiger partial charge in [0.25, 0.3) is 0 Å². The standard InChI is InChI=1S/C31H28N2O2/c1-3-21(2)25-16-19-28-27(20-25)33-31(35-28)24-14-17-26(18-15-24)32-30(34)29(22-10-6-4-7-11-22)23-12-8-5-9-13-23/h4-21,29H,3H2,1-2H3,(H,32,34)/t21-/m1/s1. The molecular weight excluding hydrogens is 432 g/mol. The van der Waals surface area contributed by atoms with Crippen LogP contribution >= 0.6 is 0 Å². The second-order valence-corrected chi connectivity index (χ2v) is 8.88. The molecule has 4 nitrogen and oxygen atoms in total. The highest BCUT2D eigenvalue weighted by molar-refractivity contribution is 5.98. The molecule has 1 atom stereocenters. The first-order valence-electron chi connectivity index (χ1n) is 12.0. The van der Waals surface area contributed by atoms with Crippen LogP contribution in [0.1, 0.15) is 48.8 Å². The number of benzene rings is 4. The van der Waals surface area contributed by atoms with Crippen LogP contribution < -0.4 is 5.32 Å². The molecule has 0 unspecified atom stereocenters. The van der Waals surface area contributed by atoms with Gasteiger partial charge < -0.3 is 9.73 Å². The first-order chi connectivity index (χ1) is 17.1. The van der Waals surface area contributed by atoms with Crippen molar-refractivity contribution in [2.45, 2.75) is 32.1 Å². The van der Waals surface area contributed by atoms with Crippen LogP contribution in [0.5, 0.6) is 0 Å². The molecule has 0 spiro atoms. The third-order valence-corrected chi connectivity index (χ3v) is 6.52. The zero-order valence-electron chi connectivity index (χ0n) is 19.9. The van der Waals surface area contributed by atoms with Crippen molar-refractivity contribution >= 4 is 22.7 Å². The number of hydrogen-bond donors (Lipinski definition) is 1. The first kappa shape index (κ1) is 22.6. The molecular formula is C31H28N2O2. The number of rotatable bonds is 7. The molecule has 174 valence electrons. The Morgan fingerprint density at radius 3 is 2.06 bits per heavy atom. The predicted octanol–water partition coefficient (Wildman–Crippen LogP) is 7.78. The number of fused-ring (bicyclic) bond motifs is 1. The fourth-order valence-electron chi connectivity index (χ4n) is 4.31. The quantitative estimate of drug-likeness (QED) is 0.270. The van der Waals surface area contributed by atoms with E-state index in [4.69, 9.17) is 9.40 Å². The monoisotopic (exact) mass is 460 g/mol. The molecule has 0 aliphatic carbocycles. The molecule has 1 heterocycles. The van der Waals surface area contributed by atoms with Crippen molar-refractivity contribution in [2.75, 3.05) is 5.32 Å². The van der Waals surface area contributed by atoms with Crippen LogP contribution in [-0.4, -0.2) is 10.9 Å². The Hall–Kier alpha value is -4.18. The van der Waals surface area contributed by atoms with E-state index >= 15 is 0 Å². The summed E-state index contributed by atoms with van der Waals surface area (Å²) in [4.78, 5) is 18.1. The van der Waals surface area contributed by atoms with Crippen molar-refractivity contribution in [3.8, 4) is 11.5 Å². The summed E-state index contributed by atoms with van der Waals surface area (Å²) in [5.74, 6) is 0.590. The molecule has 0 aliphatic heterocycles. The molecule has 1 N–H and O–H groups in total. The van der Waals surface area contributed by atoms with Gasteiger partial charge in [-0.15, -0.1) is 0 Å². The Balaban J connectivity index is 1.37. The zero-order valence-corrected chi connectivity index (χ0v) is 19.9. The number of nitrogens with zero attached hydrogens (tertiary/aromatic N) is 1. The Bertz CT molecular complexity index is 1380. The van der Waals surface area contributed by atoms with Gasteiger partial charge >= 0.3 is 0 Å². The van der Waals surface area contributed by atoms with Gasteiger partial charge in [0, 0.05) is 11.3 Å². The largest absolute Gasteiger partial charge is 0.436 e. The average Bonchev–Trinajstić information content (AvgIpc) is 3.33. The number of carbonyl (C=O) groups is 1. The van der Waals surface area contributed by atoms with E-state index < -0.39 is 5.92 Å². The minimum absolute atomic E-state index is 0.0745. The van der Waals surface area contributed by atoms with E-state index in [1.54, 1.807) is 0 Å². The van der Waals surface area contributed by atoms with Gasteiger partial charge in [-0.3, -0.25) is 4.79 Å². The zero-order chi connectivity index (χ0) is 24.2. The molecule has 0 radical (unpaired) electrons. The highest BCUT2D eigenvalue weighted by Gasteiger charge is 2.22. The summed E-state index contributed by atoms with van der Waals surface area (Å²) in [5.41, 5.74) is 6.41. The summed E-state index contributed by atoms with van der Waals surface area (Å²) in [6.45, 7) is 4.40. The normalized spacial score (nSPS) is 12.1. The lowest BCUT2D eigenvalue weighted by atomic mass is 9.90. The van der Waals surface area contributed by atoms with Gasteiger partial charge in [-0.25, -0.2) is 4.98 Å². The molecule has 1 amide bonds.